The van der Waals surface area contributed by atoms with Crippen LogP contribution in [0.3, 0.4) is 0 Å². The van der Waals surface area contributed by atoms with E-state index in [9.17, 15) is 4.79 Å². The SMILES string of the molecule is CCOc1ccc(PC(=O)c2c(Cl)cccc2Cl)cc1.[H-].[Li+]. The van der Waals surface area contributed by atoms with E-state index in [-0.39, 0.29) is 34.4 Å². The van der Waals surface area contributed by atoms with E-state index in [1.54, 1.807) is 18.2 Å². The van der Waals surface area contributed by atoms with Crippen molar-refractivity contribution in [1.82, 2.24) is 0 Å². The maximum Gasteiger partial charge on any atom is 1.00 e. The first-order chi connectivity index (χ1) is 9.61. The third kappa shape index (κ3) is 5.03. The molecule has 1 unspecified atom stereocenters. The molecule has 2 rings (SSSR count). The topological polar surface area (TPSA) is 26.3 Å². The Labute approximate surface area is 149 Å². The molecule has 21 heavy (non-hydrogen) atoms. The molecule has 1 atom stereocenters. The van der Waals surface area contributed by atoms with E-state index in [0.717, 1.165) is 11.1 Å². The van der Waals surface area contributed by atoms with E-state index in [1.807, 2.05) is 31.2 Å². The summed E-state index contributed by atoms with van der Waals surface area (Å²) in [4.78, 5) is 12.3. The van der Waals surface area contributed by atoms with Gasteiger partial charge in [-0.15, -0.1) is 0 Å². The maximum absolute atomic E-state index is 12.3. The number of benzene rings is 2. The van der Waals surface area contributed by atoms with Crippen LogP contribution in [-0.4, -0.2) is 12.1 Å². The van der Waals surface area contributed by atoms with Crippen LogP contribution in [0.2, 0.25) is 10.0 Å². The molecular formula is C15H14Cl2LiO2P. The molecule has 0 heterocycles. The molecule has 0 amide bonds. The van der Waals surface area contributed by atoms with E-state index in [2.05, 4.69) is 0 Å². The number of carbonyl (C=O) groups excluding carboxylic acids is 1. The van der Waals surface area contributed by atoms with Crippen molar-refractivity contribution in [2.75, 3.05) is 6.61 Å². The van der Waals surface area contributed by atoms with Crippen molar-refractivity contribution in [2.24, 2.45) is 0 Å². The average molecular weight is 335 g/mol. The van der Waals surface area contributed by atoms with E-state index < -0.39 is 0 Å². The third-order valence-electron chi connectivity index (χ3n) is 2.61. The summed E-state index contributed by atoms with van der Waals surface area (Å²) in [6, 6.07) is 12.5. The molecule has 2 aromatic carbocycles. The van der Waals surface area contributed by atoms with Crippen LogP contribution in [0.1, 0.15) is 18.7 Å². The zero-order valence-electron chi connectivity index (χ0n) is 12.8. The summed E-state index contributed by atoms with van der Waals surface area (Å²) in [7, 11) is -0.0164. The largest absolute Gasteiger partial charge is 1.00 e. The Bertz CT molecular complexity index is 603. The van der Waals surface area contributed by atoms with Crippen LogP contribution in [0.4, 0.5) is 0 Å². The minimum absolute atomic E-state index is 0. The second-order valence-corrected chi connectivity index (χ2v) is 6.10. The molecule has 0 bridgehead atoms. The van der Waals surface area contributed by atoms with E-state index in [4.69, 9.17) is 27.9 Å². The first kappa shape index (κ1) is 18.6. The van der Waals surface area contributed by atoms with Gasteiger partial charge in [0.15, 0.2) is 5.52 Å². The molecule has 0 aromatic heterocycles. The van der Waals surface area contributed by atoms with Gasteiger partial charge in [0.25, 0.3) is 0 Å². The number of hydrogen-bond acceptors (Lipinski definition) is 2. The predicted octanol–water partition coefficient (Wildman–Crippen LogP) is 1.65. The van der Waals surface area contributed by atoms with Crippen molar-refractivity contribution >= 4 is 42.6 Å². The van der Waals surface area contributed by atoms with Crippen LogP contribution in [0.25, 0.3) is 0 Å². The van der Waals surface area contributed by atoms with Gasteiger partial charge < -0.3 is 6.16 Å². The summed E-state index contributed by atoms with van der Waals surface area (Å²) in [5, 5.41) is 1.70. The molecule has 0 N–H and O–H groups in total. The Morgan fingerprint density at radius 3 is 2.24 bits per heavy atom. The standard InChI is InChI=1S/C15H13Cl2O2P.Li.H/c1-2-19-10-6-8-11(9-7-10)20-15(18)14-12(16)4-3-5-13(14)17;;/h3-9,20H,2H2,1H3;;/q;+1;-1. The van der Waals surface area contributed by atoms with Crippen molar-refractivity contribution in [1.29, 1.82) is 0 Å². The van der Waals surface area contributed by atoms with Crippen molar-refractivity contribution in [3.63, 3.8) is 0 Å². The molecule has 0 fully saturated rings. The average Bonchev–Trinajstić information content (AvgIpc) is 2.41. The summed E-state index contributed by atoms with van der Waals surface area (Å²) in [5.41, 5.74) is 0.327. The molecule has 0 radical (unpaired) electrons. The summed E-state index contributed by atoms with van der Waals surface area (Å²) >= 11 is 12.1. The number of ether oxygens (including phenoxy) is 1. The van der Waals surface area contributed by atoms with Crippen molar-refractivity contribution in [2.45, 2.75) is 6.92 Å². The van der Waals surface area contributed by atoms with Gasteiger partial charge >= 0.3 is 18.9 Å². The van der Waals surface area contributed by atoms with Gasteiger partial charge in [0.05, 0.1) is 22.2 Å². The number of hydrogen-bond donors (Lipinski definition) is 0. The van der Waals surface area contributed by atoms with E-state index in [1.165, 1.54) is 0 Å². The minimum Gasteiger partial charge on any atom is -1.00 e. The smallest absolute Gasteiger partial charge is 1.00 e. The fraction of sp³-hybridized carbons (Fsp3) is 0.133. The fourth-order valence-corrected chi connectivity index (χ4v) is 3.43. The van der Waals surface area contributed by atoms with Crippen LogP contribution >= 0.6 is 31.8 Å². The van der Waals surface area contributed by atoms with Crippen molar-refractivity contribution in [3.05, 3.63) is 58.1 Å². The maximum atomic E-state index is 12.3. The number of carbonyl (C=O) groups is 1. The molecular weight excluding hydrogens is 321 g/mol. The minimum atomic E-state index is -0.0650. The second kappa shape index (κ2) is 8.84. The van der Waals surface area contributed by atoms with Gasteiger partial charge in [-0.2, -0.15) is 0 Å². The van der Waals surface area contributed by atoms with Gasteiger partial charge in [0, 0.05) is 0 Å². The van der Waals surface area contributed by atoms with Gasteiger partial charge in [-0.05, 0) is 45.1 Å². The predicted molar refractivity (Wildman–Crippen MR) is 87.5 cm³/mol. The van der Waals surface area contributed by atoms with Gasteiger partial charge in [-0.25, -0.2) is 0 Å². The van der Waals surface area contributed by atoms with Gasteiger partial charge in [0.1, 0.15) is 5.75 Å². The quantitative estimate of drug-likeness (QED) is 0.614. The Morgan fingerprint density at radius 2 is 1.71 bits per heavy atom. The van der Waals surface area contributed by atoms with Crippen molar-refractivity contribution in [3.8, 4) is 5.75 Å². The molecule has 2 aromatic rings. The Morgan fingerprint density at radius 1 is 1.14 bits per heavy atom. The van der Waals surface area contributed by atoms with Crippen LogP contribution in [0.15, 0.2) is 42.5 Å². The molecule has 0 aliphatic carbocycles. The fourth-order valence-electron chi connectivity index (χ4n) is 1.71. The van der Waals surface area contributed by atoms with Crippen LogP contribution in [0, 0.1) is 0 Å². The molecule has 6 heteroatoms. The Hall–Kier alpha value is -0.483. The third-order valence-corrected chi connectivity index (χ3v) is 4.34. The van der Waals surface area contributed by atoms with Crippen LogP contribution < -0.4 is 28.9 Å². The summed E-state index contributed by atoms with van der Waals surface area (Å²) in [5.74, 6) is 0.796. The van der Waals surface area contributed by atoms with Gasteiger partial charge in [0.2, 0.25) is 0 Å². The van der Waals surface area contributed by atoms with Crippen LogP contribution in [0.5, 0.6) is 5.75 Å². The second-order valence-electron chi connectivity index (χ2n) is 4.01. The van der Waals surface area contributed by atoms with E-state index in [0.29, 0.717) is 22.2 Å². The van der Waals surface area contributed by atoms with Crippen LogP contribution in [-0.2, 0) is 0 Å². The first-order valence-electron chi connectivity index (χ1n) is 6.10. The summed E-state index contributed by atoms with van der Waals surface area (Å²) in [6.45, 7) is 2.55. The van der Waals surface area contributed by atoms with Crippen molar-refractivity contribution < 1.29 is 29.8 Å². The summed E-state index contributed by atoms with van der Waals surface area (Å²) in [6.07, 6.45) is 0. The first-order valence-corrected chi connectivity index (χ1v) is 7.85. The molecule has 106 valence electrons. The zero-order valence-corrected chi connectivity index (χ0v) is 14.3. The van der Waals surface area contributed by atoms with Gasteiger partial charge in [-0.1, -0.05) is 41.4 Å². The Balaban J connectivity index is 0.00000220. The van der Waals surface area contributed by atoms with Gasteiger partial charge in [-0.3, -0.25) is 4.79 Å². The molecule has 0 saturated carbocycles. The zero-order chi connectivity index (χ0) is 14.5. The Kier molecular flexibility index (Phi) is 7.81. The molecule has 0 saturated heterocycles. The van der Waals surface area contributed by atoms with E-state index >= 15 is 0 Å². The molecule has 0 aliphatic heterocycles. The number of rotatable bonds is 5. The number of halogens is 2. The molecule has 2 nitrogen and oxygen atoms in total. The summed E-state index contributed by atoms with van der Waals surface area (Å²) < 4.78 is 5.36. The monoisotopic (exact) mass is 334 g/mol. The normalized spacial score (nSPS) is 10.4. The molecule has 0 spiro atoms. The molecule has 0 aliphatic rings.